The molecule has 2 heterocycles. The van der Waals surface area contributed by atoms with E-state index >= 15 is 0 Å². The molecule has 226 valence electrons. The molecular formula is C45H30N2O. The molecule has 0 amide bonds. The molecule has 0 fully saturated rings. The maximum absolute atomic E-state index is 6.50. The summed E-state index contributed by atoms with van der Waals surface area (Å²) < 4.78 is 8.80. The highest BCUT2D eigenvalue weighted by atomic mass is 16.5. The van der Waals surface area contributed by atoms with E-state index in [9.17, 15) is 0 Å². The van der Waals surface area contributed by atoms with Crippen LogP contribution >= 0.6 is 0 Å². The molecule has 10 rings (SSSR count). The van der Waals surface area contributed by atoms with Gasteiger partial charge in [0, 0.05) is 6.42 Å². The molecule has 0 N–H and O–H groups in total. The summed E-state index contributed by atoms with van der Waals surface area (Å²) >= 11 is 0. The van der Waals surface area contributed by atoms with E-state index in [-0.39, 0.29) is 0 Å². The molecule has 3 heteroatoms. The summed E-state index contributed by atoms with van der Waals surface area (Å²) in [5, 5.41) is 7.41. The van der Waals surface area contributed by atoms with Crippen LogP contribution in [0.15, 0.2) is 152 Å². The zero-order valence-corrected chi connectivity index (χ0v) is 26.4. The molecule has 48 heavy (non-hydrogen) atoms. The number of aryl methyl sites for hydroxylation is 1. The third kappa shape index (κ3) is 3.98. The van der Waals surface area contributed by atoms with Crippen molar-refractivity contribution >= 4 is 43.4 Å². The maximum atomic E-state index is 6.50. The van der Waals surface area contributed by atoms with E-state index in [1.165, 1.54) is 60.1 Å². The van der Waals surface area contributed by atoms with Crippen molar-refractivity contribution in [1.29, 1.82) is 0 Å². The van der Waals surface area contributed by atoms with Crippen molar-refractivity contribution < 1.29 is 4.74 Å². The van der Waals surface area contributed by atoms with E-state index in [1.807, 2.05) is 12.1 Å². The Morgan fingerprint density at radius 2 is 1.19 bits per heavy atom. The van der Waals surface area contributed by atoms with E-state index in [0.717, 1.165) is 46.0 Å². The Balaban J connectivity index is 1.30. The van der Waals surface area contributed by atoms with E-state index in [2.05, 4.69) is 151 Å². The molecule has 1 aliphatic rings. The fourth-order valence-corrected chi connectivity index (χ4v) is 7.73. The van der Waals surface area contributed by atoms with Crippen molar-refractivity contribution in [2.45, 2.75) is 13.3 Å². The van der Waals surface area contributed by atoms with E-state index in [0.29, 0.717) is 0 Å². The minimum atomic E-state index is 0.824. The van der Waals surface area contributed by atoms with Crippen molar-refractivity contribution in [3.63, 3.8) is 0 Å². The van der Waals surface area contributed by atoms with Crippen LogP contribution in [0, 0.1) is 0 Å². The van der Waals surface area contributed by atoms with E-state index < -0.39 is 0 Å². The number of aromatic nitrogens is 2. The minimum absolute atomic E-state index is 0.824. The first-order chi connectivity index (χ1) is 23.7. The first-order valence-corrected chi connectivity index (χ1v) is 16.6. The van der Waals surface area contributed by atoms with Crippen molar-refractivity contribution in [2.75, 3.05) is 0 Å². The number of para-hydroxylation sites is 1. The van der Waals surface area contributed by atoms with Crippen molar-refractivity contribution in [3.8, 4) is 50.6 Å². The van der Waals surface area contributed by atoms with Gasteiger partial charge < -0.3 is 4.74 Å². The number of ether oxygens (including phenoxy) is 1. The Hall–Kier alpha value is -6.19. The first-order valence-electron chi connectivity index (χ1n) is 16.6. The number of benzene rings is 8. The molecule has 0 radical (unpaired) electrons. The summed E-state index contributed by atoms with van der Waals surface area (Å²) in [6, 6.07) is 54.8. The van der Waals surface area contributed by atoms with Gasteiger partial charge in [0.2, 0.25) is 0 Å². The van der Waals surface area contributed by atoms with Crippen molar-refractivity contribution in [3.05, 3.63) is 157 Å². The Kier molecular flexibility index (Phi) is 5.85. The highest BCUT2D eigenvalue weighted by Gasteiger charge is 2.25. The van der Waals surface area contributed by atoms with Crippen molar-refractivity contribution in [2.24, 2.45) is 0 Å². The molecule has 9 aromatic rings. The van der Waals surface area contributed by atoms with Gasteiger partial charge in [-0.3, -0.25) is 4.57 Å². The summed E-state index contributed by atoms with van der Waals surface area (Å²) in [4.78, 5) is 5.00. The molecule has 8 aromatic carbocycles. The third-order valence-electron chi connectivity index (χ3n) is 9.90. The molecule has 0 saturated carbocycles. The average molecular weight is 615 g/mol. The van der Waals surface area contributed by atoms with Crippen molar-refractivity contribution in [1.82, 2.24) is 9.55 Å². The van der Waals surface area contributed by atoms with E-state index in [4.69, 9.17) is 9.72 Å². The second-order valence-corrected chi connectivity index (χ2v) is 12.6. The largest absolute Gasteiger partial charge is 0.453 e. The molecule has 1 aromatic heterocycles. The summed E-state index contributed by atoms with van der Waals surface area (Å²) in [7, 11) is 0. The van der Waals surface area contributed by atoms with Crippen LogP contribution in [0.25, 0.3) is 82.4 Å². The monoisotopic (exact) mass is 614 g/mol. The van der Waals surface area contributed by atoms with Crippen LogP contribution in [-0.2, 0) is 6.42 Å². The highest BCUT2D eigenvalue weighted by Crippen LogP contribution is 2.48. The Morgan fingerprint density at radius 3 is 2.02 bits per heavy atom. The lowest BCUT2D eigenvalue weighted by molar-refractivity contribution is 0.474. The molecule has 0 bridgehead atoms. The summed E-state index contributed by atoms with van der Waals surface area (Å²) in [6.07, 6.45) is 0.824. The van der Waals surface area contributed by atoms with Gasteiger partial charge in [0.1, 0.15) is 11.3 Å². The molecule has 0 spiro atoms. The maximum Gasteiger partial charge on any atom is 0.153 e. The molecule has 0 atom stereocenters. The first kappa shape index (κ1) is 27.0. The SMILES string of the molecule is CCc1nc2cccc3c2n1-c1cc(-c2c4ccccc4c(-c4ccc5ccccc5c4)c4ccc(-c5ccccc5)cc24)ccc1O3. The standard InChI is InChI=1S/C45H30N2O/c1-2-42-46-38-17-10-18-41-45(38)47(42)39-27-33(22-24-40(39)48-41)44-35-16-9-8-15-34(35)43(32-20-19-29-13-6-7-14-30(29)25-32)36-23-21-31(26-37(36)44)28-11-4-3-5-12-28/h3-27H,2H2,1H3. The van der Waals surface area contributed by atoms with Crippen LogP contribution in [-0.4, -0.2) is 9.55 Å². The Labute approximate surface area is 278 Å². The summed E-state index contributed by atoms with van der Waals surface area (Å²) in [5.74, 6) is 2.73. The molecule has 0 unspecified atom stereocenters. The van der Waals surface area contributed by atoms with Gasteiger partial charge in [0.25, 0.3) is 0 Å². The predicted molar refractivity (Wildman–Crippen MR) is 199 cm³/mol. The number of rotatable bonds is 4. The zero-order chi connectivity index (χ0) is 31.8. The normalized spacial score (nSPS) is 12.1. The summed E-state index contributed by atoms with van der Waals surface area (Å²) in [5.41, 5.74) is 10.3. The lowest BCUT2D eigenvalue weighted by Gasteiger charge is -2.23. The highest BCUT2D eigenvalue weighted by molar-refractivity contribution is 6.22. The topological polar surface area (TPSA) is 27.1 Å². The van der Waals surface area contributed by atoms with E-state index in [1.54, 1.807) is 0 Å². The molecule has 0 saturated heterocycles. The minimum Gasteiger partial charge on any atom is -0.453 e. The second kappa shape index (κ2) is 10.4. The van der Waals surface area contributed by atoms with Gasteiger partial charge in [0.05, 0.1) is 11.2 Å². The quantitative estimate of drug-likeness (QED) is 0.184. The number of nitrogens with zero attached hydrogens (tertiary/aromatic N) is 2. The zero-order valence-electron chi connectivity index (χ0n) is 26.4. The number of imidazole rings is 1. The van der Waals surface area contributed by atoms with Crippen LogP contribution in [0.5, 0.6) is 11.5 Å². The Morgan fingerprint density at radius 1 is 0.500 bits per heavy atom. The molecular weight excluding hydrogens is 585 g/mol. The van der Waals surface area contributed by atoms with Gasteiger partial charge >= 0.3 is 0 Å². The number of hydrogen-bond donors (Lipinski definition) is 0. The van der Waals surface area contributed by atoms with Crippen LogP contribution in [0.3, 0.4) is 0 Å². The third-order valence-corrected chi connectivity index (χ3v) is 9.90. The number of fused-ring (bicyclic) bond motifs is 5. The lowest BCUT2D eigenvalue weighted by Crippen LogP contribution is -2.07. The van der Waals surface area contributed by atoms with Gasteiger partial charge in [-0.15, -0.1) is 0 Å². The molecule has 3 nitrogen and oxygen atoms in total. The average Bonchev–Trinajstić information content (AvgIpc) is 3.54. The van der Waals surface area contributed by atoms with Gasteiger partial charge in [0.15, 0.2) is 11.5 Å². The van der Waals surface area contributed by atoms with Gasteiger partial charge in [-0.1, -0.05) is 122 Å². The van der Waals surface area contributed by atoms with Crippen LogP contribution in [0.1, 0.15) is 12.7 Å². The van der Waals surface area contributed by atoms with Gasteiger partial charge in [-0.2, -0.15) is 0 Å². The fraction of sp³-hybridized carbons (Fsp3) is 0.0444. The number of hydrogen-bond acceptors (Lipinski definition) is 2. The smallest absolute Gasteiger partial charge is 0.153 e. The van der Waals surface area contributed by atoms with Crippen LogP contribution < -0.4 is 4.74 Å². The van der Waals surface area contributed by atoms with Gasteiger partial charge in [-0.05, 0) is 102 Å². The lowest BCUT2D eigenvalue weighted by atomic mass is 9.84. The van der Waals surface area contributed by atoms with Gasteiger partial charge in [-0.25, -0.2) is 4.98 Å². The summed E-state index contributed by atoms with van der Waals surface area (Å²) in [6.45, 7) is 2.17. The van der Waals surface area contributed by atoms with Crippen LogP contribution in [0.2, 0.25) is 0 Å². The Bertz CT molecular complexity index is 2740. The molecule has 0 aliphatic carbocycles. The second-order valence-electron chi connectivity index (χ2n) is 12.6. The predicted octanol–water partition coefficient (Wildman–Crippen LogP) is 12.2. The molecule has 1 aliphatic heterocycles. The van der Waals surface area contributed by atoms with Crippen LogP contribution in [0.4, 0.5) is 0 Å². The fourth-order valence-electron chi connectivity index (χ4n) is 7.73.